The molecule has 4 aromatic rings. The third-order valence-corrected chi connectivity index (χ3v) is 4.32. The molecule has 0 aliphatic rings. The average molecular weight is 360 g/mol. The van der Waals surface area contributed by atoms with Crippen LogP contribution in [0, 0.1) is 5.82 Å². The van der Waals surface area contributed by atoms with Crippen molar-refractivity contribution in [3.05, 3.63) is 95.8 Å². The highest BCUT2D eigenvalue weighted by molar-refractivity contribution is 5.92. The predicted molar refractivity (Wildman–Crippen MR) is 101 cm³/mol. The van der Waals surface area contributed by atoms with E-state index in [0.717, 1.165) is 11.0 Å². The standard InChI is InChI=1S/C21H17FN4O/c22-16-8-2-1-7-15(16)14-26-19-11-4-3-9-17(19)25-20(26)13-24-21(27)18-10-5-6-12-23-18/h1-12H,13-14H2,(H,24,27). The Hall–Kier alpha value is -3.54. The monoisotopic (exact) mass is 360 g/mol. The van der Waals surface area contributed by atoms with Crippen LogP contribution in [-0.4, -0.2) is 20.4 Å². The average Bonchev–Trinajstić information content (AvgIpc) is 3.06. The van der Waals surface area contributed by atoms with Gasteiger partial charge in [0.05, 0.1) is 24.1 Å². The zero-order valence-corrected chi connectivity index (χ0v) is 14.5. The number of hydrogen-bond donors (Lipinski definition) is 1. The molecule has 27 heavy (non-hydrogen) atoms. The topological polar surface area (TPSA) is 59.8 Å². The van der Waals surface area contributed by atoms with Gasteiger partial charge in [-0.3, -0.25) is 9.78 Å². The Morgan fingerprint density at radius 3 is 2.59 bits per heavy atom. The minimum absolute atomic E-state index is 0.221. The Labute approximate surface area is 155 Å². The van der Waals surface area contributed by atoms with E-state index in [2.05, 4.69) is 15.3 Å². The van der Waals surface area contributed by atoms with Gasteiger partial charge in [-0.25, -0.2) is 9.37 Å². The fourth-order valence-electron chi connectivity index (χ4n) is 2.98. The second kappa shape index (κ2) is 7.37. The number of carbonyl (C=O) groups excluding carboxylic acids is 1. The fourth-order valence-corrected chi connectivity index (χ4v) is 2.98. The number of nitrogens with zero attached hydrogens (tertiary/aromatic N) is 3. The summed E-state index contributed by atoms with van der Waals surface area (Å²) < 4.78 is 16.1. The van der Waals surface area contributed by atoms with E-state index in [1.807, 2.05) is 28.8 Å². The number of nitrogens with one attached hydrogen (secondary N) is 1. The first-order valence-corrected chi connectivity index (χ1v) is 8.59. The summed E-state index contributed by atoms with van der Waals surface area (Å²) in [6, 6.07) is 19.5. The zero-order chi connectivity index (χ0) is 18.6. The van der Waals surface area contributed by atoms with Crippen LogP contribution >= 0.6 is 0 Å². The van der Waals surface area contributed by atoms with Crippen molar-refractivity contribution in [2.45, 2.75) is 13.1 Å². The van der Waals surface area contributed by atoms with Crippen LogP contribution in [0.1, 0.15) is 21.9 Å². The molecule has 2 heterocycles. The van der Waals surface area contributed by atoms with Crippen LogP contribution in [-0.2, 0) is 13.1 Å². The molecule has 2 aromatic carbocycles. The van der Waals surface area contributed by atoms with Crippen molar-refractivity contribution in [2.75, 3.05) is 0 Å². The molecule has 0 aliphatic heterocycles. The Morgan fingerprint density at radius 1 is 1.00 bits per heavy atom. The van der Waals surface area contributed by atoms with Crippen LogP contribution in [0.4, 0.5) is 4.39 Å². The van der Waals surface area contributed by atoms with E-state index in [0.29, 0.717) is 23.6 Å². The van der Waals surface area contributed by atoms with Crippen LogP contribution in [0.15, 0.2) is 72.9 Å². The lowest BCUT2D eigenvalue weighted by atomic mass is 10.2. The van der Waals surface area contributed by atoms with Crippen molar-refractivity contribution >= 4 is 16.9 Å². The minimum Gasteiger partial charge on any atom is -0.343 e. The maximum atomic E-state index is 14.1. The first-order chi connectivity index (χ1) is 13.2. The van der Waals surface area contributed by atoms with Crippen LogP contribution in [0.2, 0.25) is 0 Å². The van der Waals surface area contributed by atoms with Crippen molar-refractivity contribution in [3.63, 3.8) is 0 Å². The van der Waals surface area contributed by atoms with Gasteiger partial charge in [-0.05, 0) is 30.3 Å². The maximum absolute atomic E-state index is 14.1. The third-order valence-electron chi connectivity index (χ3n) is 4.32. The molecule has 0 aliphatic carbocycles. The highest BCUT2D eigenvalue weighted by Gasteiger charge is 2.14. The summed E-state index contributed by atoms with van der Waals surface area (Å²) in [5.41, 5.74) is 2.60. The number of benzene rings is 2. The fraction of sp³-hybridized carbons (Fsp3) is 0.0952. The van der Waals surface area contributed by atoms with Gasteiger partial charge in [0, 0.05) is 11.8 Å². The molecule has 0 spiro atoms. The van der Waals surface area contributed by atoms with E-state index in [4.69, 9.17) is 0 Å². The maximum Gasteiger partial charge on any atom is 0.270 e. The minimum atomic E-state index is -0.278. The predicted octanol–water partition coefficient (Wildman–Crippen LogP) is 3.55. The SMILES string of the molecule is O=C(NCc1nc2ccccc2n1Cc1ccccc1F)c1ccccn1. The Morgan fingerprint density at radius 2 is 1.78 bits per heavy atom. The molecule has 2 aromatic heterocycles. The number of halogens is 1. The Kier molecular flexibility index (Phi) is 4.61. The van der Waals surface area contributed by atoms with E-state index in [-0.39, 0.29) is 18.3 Å². The lowest BCUT2D eigenvalue weighted by molar-refractivity contribution is 0.0944. The molecule has 6 heteroatoms. The third kappa shape index (κ3) is 3.55. The summed E-state index contributed by atoms with van der Waals surface area (Å²) in [6.45, 7) is 0.556. The van der Waals surface area contributed by atoms with Gasteiger partial charge in [-0.15, -0.1) is 0 Å². The number of fused-ring (bicyclic) bond motifs is 1. The van der Waals surface area contributed by atoms with Crippen LogP contribution in [0.3, 0.4) is 0 Å². The molecule has 134 valence electrons. The molecule has 5 nitrogen and oxygen atoms in total. The molecule has 0 radical (unpaired) electrons. The van der Waals surface area contributed by atoms with E-state index in [1.54, 1.807) is 42.6 Å². The molecular formula is C21H17FN4O. The Bertz CT molecular complexity index is 1090. The summed E-state index contributed by atoms with van der Waals surface area (Å²) in [5, 5.41) is 2.84. The lowest BCUT2D eigenvalue weighted by Crippen LogP contribution is -2.25. The summed E-state index contributed by atoms with van der Waals surface area (Å²) in [7, 11) is 0. The molecule has 0 fully saturated rings. The van der Waals surface area contributed by atoms with Crippen LogP contribution in [0.5, 0.6) is 0 Å². The van der Waals surface area contributed by atoms with Crippen molar-refractivity contribution in [3.8, 4) is 0 Å². The molecule has 0 saturated heterocycles. The van der Waals surface area contributed by atoms with Crippen molar-refractivity contribution < 1.29 is 9.18 Å². The van der Waals surface area contributed by atoms with E-state index < -0.39 is 0 Å². The summed E-state index contributed by atoms with van der Waals surface area (Å²) in [4.78, 5) is 20.9. The van der Waals surface area contributed by atoms with Crippen molar-refractivity contribution in [2.24, 2.45) is 0 Å². The molecule has 0 atom stereocenters. The number of aromatic nitrogens is 3. The zero-order valence-electron chi connectivity index (χ0n) is 14.5. The van der Waals surface area contributed by atoms with Gasteiger partial charge in [-0.2, -0.15) is 0 Å². The van der Waals surface area contributed by atoms with E-state index >= 15 is 0 Å². The summed E-state index contributed by atoms with van der Waals surface area (Å²) in [6.07, 6.45) is 1.57. The largest absolute Gasteiger partial charge is 0.343 e. The first-order valence-electron chi connectivity index (χ1n) is 8.59. The van der Waals surface area contributed by atoms with Gasteiger partial charge in [0.25, 0.3) is 5.91 Å². The number of carbonyl (C=O) groups is 1. The Balaban J connectivity index is 1.64. The molecular weight excluding hydrogens is 343 g/mol. The van der Waals surface area contributed by atoms with Crippen LogP contribution in [0.25, 0.3) is 11.0 Å². The smallest absolute Gasteiger partial charge is 0.270 e. The number of pyridine rings is 1. The molecule has 1 amide bonds. The van der Waals surface area contributed by atoms with Gasteiger partial charge in [0.1, 0.15) is 17.3 Å². The molecule has 4 rings (SSSR count). The lowest BCUT2D eigenvalue weighted by Gasteiger charge is -2.11. The highest BCUT2D eigenvalue weighted by atomic mass is 19.1. The normalized spacial score (nSPS) is 10.9. The molecule has 1 N–H and O–H groups in total. The summed E-state index contributed by atoms with van der Waals surface area (Å²) >= 11 is 0. The van der Waals surface area contributed by atoms with E-state index in [9.17, 15) is 9.18 Å². The number of para-hydroxylation sites is 2. The molecule has 0 unspecified atom stereocenters. The van der Waals surface area contributed by atoms with Crippen molar-refractivity contribution in [1.82, 2.24) is 19.9 Å². The van der Waals surface area contributed by atoms with Crippen LogP contribution < -0.4 is 5.32 Å². The van der Waals surface area contributed by atoms with Gasteiger partial charge >= 0.3 is 0 Å². The first kappa shape index (κ1) is 16.9. The summed E-state index contributed by atoms with van der Waals surface area (Å²) in [5.74, 6) is 0.114. The molecule has 0 bridgehead atoms. The molecule has 0 saturated carbocycles. The van der Waals surface area contributed by atoms with E-state index in [1.165, 1.54) is 6.07 Å². The number of imidazole rings is 1. The number of amides is 1. The second-order valence-corrected chi connectivity index (χ2v) is 6.09. The quantitative estimate of drug-likeness (QED) is 0.592. The highest BCUT2D eigenvalue weighted by Crippen LogP contribution is 2.19. The van der Waals surface area contributed by atoms with Crippen molar-refractivity contribution in [1.29, 1.82) is 0 Å². The van der Waals surface area contributed by atoms with Gasteiger partial charge in [0.15, 0.2) is 0 Å². The number of rotatable bonds is 5. The number of hydrogen-bond acceptors (Lipinski definition) is 3. The van der Waals surface area contributed by atoms with Gasteiger partial charge in [0.2, 0.25) is 0 Å². The second-order valence-electron chi connectivity index (χ2n) is 6.09. The van der Waals surface area contributed by atoms with Gasteiger partial charge in [-0.1, -0.05) is 36.4 Å². The van der Waals surface area contributed by atoms with Gasteiger partial charge < -0.3 is 9.88 Å².